The Bertz CT molecular complexity index is 620. The van der Waals surface area contributed by atoms with Gasteiger partial charge in [-0.3, -0.25) is 4.79 Å². The number of hydrogen-bond acceptors (Lipinski definition) is 4. The maximum absolute atomic E-state index is 12.3. The second kappa shape index (κ2) is 4.31. The van der Waals surface area contributed by atoms with Crippen molar-refractivity contribution in [3.63, 3.8) is 0 Å². The van der Waals surface area contributed by atoms with E-state index in [-0.39, 0.29) is 17.4 Å². The lowest BCUT2D eigenvalue weighted by Gasteiger charge is -2.25. The first kappa shape index (κ1) is 12.1. The van der Waals surface area contributed by atoms with E-state index in [0.717, 1.165) is 0 Å². The molecule has 1 fully saturated rings. The SMILES string of the molecule is CC1(C)COCC1NC(=O)c1cnn2cccnc12. The molecule has 2 aromatic heterocycles. The highest BCUT2D eigenvalue weighted by atomic mass is 16.5. The fraction of sp³-hybridized carbons (Fsp3) is 0.462. The largest absolute Gasteiger partial charge is 0.379 e. The number of nitrogens with one attached hydrogen (secondary N) is 1. The van der Waals surface area contributed by atoms with E-state index in [1.54, 1.807) is 29.2 Å². The number of ether oxygens (including phenoxy) is 1. The number of rotatable bonds is 2. The van der Waals surface area contributed by atoms with Crippen molar-refractivity contribution in [2.24, 2.45) is 5.41 Å². The third kappa shape index (κ3) is 2.08. The summed E-state index contributed by atoms with van der Waals surface area (Å²) in [6.07, 6.45) is 4.96. The van der Waals surface area contributed by atoms with Gasteiger partial charge in [-0.05, 0) is 6.07 Å². The number of hydrogen-bond donors (Lipinski definition) is 1. The Hall–Kier alpha value is -1.95. The third-order valence-electron chi connectivity index (χ3n) is 3.53. The molecule has 0 aliphatic carbocycles. The molecule has 100 valence electrons. The Morgan fingerprint density at radius 3 is 3.16 bits per heavy atom. The van der Waals surface area contributed by atoms with Crippen LogP contribution in [-0.2, 0) is 4.74 Å². The van der Waals surface area contributed by atoms with Gasteiger partial charge in [0, 0.05) is 17.8 Å². The maximum atomic E-state index is 12.3. The van der Waals surface area contributed by atoms with Crippen LogP contribution in [0.15, 0.2) is 24.7 Å². The Labute approximate surface area is 110 Å². The van der Waals surface area contributed by atoms with Crippen molar-refractivity contribution in [3.8, 4) is 0 Å². The van der Waals surface area contributed by atoms with Gasteiger partial charge in [0.05, 0.1) is 25.5 Å². The van der Waals surface area contributed by atoms with Crippen molar-refractivity contribution in [1.29, 1.82) is 0 Å². The molecular weight excluding hydrogens is 244 g/mol. The van der Waals surface area contributed by atoms with E-state index in [4.69, 9.17) is 4.74 Å². The molecule has 1 atom stereocenters. The van der Waals surface area contributed by atoms with Crippen LogP contribution in [0.4, 0.5) is 0 Å². The second-order valence-electron chi connectivity index (χ2n) is 5.48. The average molecular weight is 260 g/mol. The molecule has 6 nitrogen and oxygen atoms in total. The summed E-state index contributed by atoms with van der Waals surface area (Å²) in [5.41, 5.74) is 1.01. The van der Waals surface area contributed by atoms with Gasteiger partial charge in [0.1, 0.15) is 5.56 Å². The third-order valence-corrected chi connectivity index (χ3v) is 3.53. The van der Waals surface area contributed by atoms with Crippen molar-refractivity contribution >= 4 is 11.6 Å². The molecule has 0 bridgehead atoms. The Balaban J connectivity index is 1.85. The van der Waals surface area contributed by atoms with Gasteiger partial charge in [-0.15, -0.1) is 0 Å². The molecule has 1 N–H and O–H groups in total. The van der Waals surface area contributed by atoms with Crippen LogP contribution < -0.4 is 5.32 Å². The molecule has 19 heavy (non-hydrogen) atoms. The minimum absolute atomic E-state index is 0.0127. The Morgan fingerprint density at radius 1 is 1.58 bits per heavy atom. The molecule has 0 saturated carbocycles. The second-order valence-corrected chi connectivity index (χ2v) is 5.48. The van der Waals surface area contributed by atoms with Gasteiger partial charge in [0.15, 0.2) is 5.65 Å². The summed E-state index contributed by atoms with van der Waals surface area (Å²) in [4.78, 5) is 16.5. The van der Waals surface area contributed by atoms with Crippen LogP contribution in [-0.4, -0.2) is 39.8 Å². The smallest absolute Gasteiger partial charge is 0.257 e. The molecule has 1 amide bonds. The first-order chi connectivity index (χ1) is 9.08. The Kier molecular flexibility index (Phi) is 2.74. The van der Waals surface area contributed by atoms with Gasteiger partial charge in [0.2, 0.25) is 0 Å². The first-order valence-electron chi connectivity index (χ1n) is 6.25. The van der Waals surface area contributed by atoms with Crippen LogP contribution in [0.2, 0.25) is 0 Å². The van der Waals surface area contributed by atoms with Gasteiger partial charge in [-0.1, -0.05) is 13.8 Å². The van der Waals surface area contributed by atoms with Crippen molar-refractivity contribution in [3.05, 3.63) is 30.2 Å². The number of nitrogens with zero attached hydrogens (tertiary/aromatic N) is 3. The summed E-state index contributed by atoms with van der Waals surface area (Å²) in [5, 5.41) is 7.12. The molecule has 0 aromatic carbocycles. The lowest BCUT2D eigenvalue weighted by Crippen LogP contribution is -2.44. The van der Waals surface area contributed by atoms with E-state index in [9.17, 15) is 4.79 Å². The highest BCUT2D eigenvalue weighted by molar-refractivity contribution is 5.99. The minimum Gasteiger partial charge on any atom is -0.379 e. The highest BCUT2D eigenvalue weighted by Crippen LogP contribution is 2.27. The summed E-state index contributed by atoms with van der Waals surface area (Å²) < 4.78 is 7.02. The minimum atomic E-state index is -0.155. The topological polar surface area (TPSA) is 68.5 Å². The molecule has 1 saturated heterocycles. The summed E-state index contributed by atoms with van der Waals surface area (Å²) in [5.74, 6) is -0.155. The molecule has 2 aromatic rings. The lowest BCUT2D eigenvalue weighted by atomic mass is 9.88. The summed E-state index contributed by atoms with van der Waals surface area (Å²) in [6.45, 7) is 5.37. The molecule has 1 aliphatic rings. The zero-order valence-corrected chi connectivity index (χ0v) is 11.0. The summed E-state index contributed by atoms with van der Waals surface area (Å²) in [6, 6.07) is 1.79. The van der Waals surface area contributed by atoms with E-state index >= 15 is 0 Å². The fourth-order valence-corrected chi connectivity index (χ4v) is 2.23. The monoisotopic (exact) mass is 260 g/mol. The van der Waals surface area contributed by atoms with Crippen LogP contribution in [0.1, 0.15) is 24.2 Å². The van der Waals surface area contributed by atoms with E-state index in [0.29, 0.717) is 24.4 Å². The van der Waals surface area contributed by atoms with Crippen LogP contribution in [0.25, 0.3) is 5.65 Å². The molecule has 1 aliphatic heterocycles. The molecule has 0 radical (unpaired) electrons. The van der Waals surface area contributed by atoms with Crippen molar-refractivity contribution in [2.45, 2.75) is 19.9 Å². The van der Waals surface area contributed by atoms with E-state index in [1.165, 1.54) is 0 Å². The maximum Gasteiger partial charge on any atom is 0.257 e. The van der Waals surface area contributed by atoms with E-state index in [2.05, 4.69) is 29.2 Å². The summed E-state index contributed by atoms with van der Waals surface area (Å²) in [7, 11) is 0. The number of fused-ring (bicyclic) bond motifs is 1. The van der Waals surface area contributed by atoms with Crippen LogP contribution >= 0.6 is 0 Å². The molecule has 3 rings (SSSR count). The van der Waals surface area contributed by atoms with Gasteiger partial charge in [-0.2, -0.15) is 5.10 Å². The average Bonchev–Trinajstić information content (AvgIpc) is 2.93. The number of amides is 1. The van der Waals surface area contributed by atoms with E-state index < -0.39 is 0 Å². The number of carbonyl (C=O) groups is 1. The van der Waals surface area contributed by atoms with Gasteiger partial charge < -0.3 is 10.1 Å². The number of carbonyl (C=O) groups excluding carboxylic acids is 1. The molecule has 3 heterocycles. The predicted molar refractivity (Wildman–Crippen MR) is 68.8 cm³/mol. The van der Waals surface area contributed by atoms with Gasteiger partial charge in [0.25, 0.3) is 5.91 Å². The normalized spacial score (nSPS) is 21.7. The molecule has 6 heteroatoms. The van der Waals surface area contributed by atoms with Crippen molar-refractivity contribution in [1.82, 2.24) is 19.9 Å². The van der Waals surface area contributed by atoms with E-state index in [1.807, 2.05) is 0 Å². The zero-order chi connectivity index (χ0) is 13.5. The number of aromatic nitrogens is 3. The van der Waals surface area contributed by atoms with Gasteiger partial charge >= 0.3 is 0 Å². The molecule has 0 spiro atoms. The molecular formula is C13H16N4O2. The standard InChI is InChI=1S/C13H16N4O2/c1-13(2)8-19-7-10(13)16-12(18)9-6-15-17-5-3-4-14-11(9)17/h3-6,10H,7-8H2,1-2H3,(H,16,18). The van der Waals surface area contributed by atoms with Crippen LogP contribution in [0.5, 0.6) is 0 Å². The van der Waals surface area contributed by atoms with Crippen LogP contribution in [0, 0.1) is 5.41 Å². The fourth-order valence-electron chi connectivity index (χ4n) is 2.23. The quantitative estimate of drug-likeness (QED) is 0.870. The predicted octanol–water partition coefficient (Wildman–Crippen LogP) is 0.884. The lowest BCUT2D eigenvalue weighted by molar-refractivity contribution is 0.0916. The highest BCUT2D eigenvalue weighted by Gasteiger charge is 2.37. The van der Waals surface area contributed by atoms with Crippen molar-refractivity contribution in [2.75, 3.05) is 13.2 Å². The zero-order valence-electron chi connectivity index (χ0n) is 11.0. The van der Waals surface area contributed by atoms with Crippen LogP contribution in [0.3, 0.4) is 0 Å². The molecule has 1 unspecified atom stereocenters. The Morgan fingerprint density at radius 2 is 2.42 bits per heavy atom. The van der Waals surface area contributed by atoms with Crippen molar-refractivity contribution < 1.29 is 9.53 Å². The van der Waals surface area contributed by atoms with Gasteiger partial charge in [-0.25, -0.2) is 9.50 Å². The summed E-state index contributed by atoms with van der Waals surface area (Å²) >= 11 is 0. The first-order valence-corrected chi connectivity index (χ1v) is 6.25.